The number of aliphatic hydroxyl groups is 1. The summed E-state index contributed by atoms with van der Waals surface area (Å²) in [6.45, 7) is 2.55. The molecule has 0 saturated carbocycles. The van der Waals surface area contributed by atoms with Crippen LogP contribution < -0.4 is 4.90 Å². The quantitative estimate of drug-likeness (QED) is 0.898. The summed E-state index contributed by atoms with van der Waals surface area (Å²) in [6, 6.07) is 3.43. The Balaban J connectivity index is 3.20. The zero-order valence-electron chi connectivity index (χ0n) is 10.5. The number of benzene rings is 1. The van der Waals surface area contributed by atoms with E-state index in [1.807, 2.05) is 0 Å². The van der Waals surface area contributed by atoms with Crippen LogP contribution >= 0.6 is 15.9 Å². The molecule has 1 aromatic carbocycles. The lowest BCUT2D eigenvalue weighted by Crippen LogP contribution is -2.43. The maximum Gasteiger partial charge on any atom is 0.417 e. The van der Waals surface area contributed by atoms with E-state index in [2.05, 4.69) is 15.9 Å². The molecular formula is C12H13BrF3NO2. The summed E-state index contributed by atoms with van der Waals surface area (Å²) in [4.78, 5) is 12.8. The summed E-state index contributed by atoms with van der Waals surface area (Å²) < 4.78 is 38.1. The third-order valence-electron chi connectivity index (χ3n) is 2.47. The first-order valence-electron chi connectivity index (χ1n) is 5.32. The Morgan fingerprint density at radius 1 is 1.32 bits per heavy atom. The Kier molecular flexibility index (Phi) is 4.31. The van der Waals surface area contributed by atoms with Crippen LogP contribution in [0, 0.1) is 0 Å². The van der Waals surface area contributed by atoms with Crippen LogP contribution in [0.15, 0.2) is 22.7 Å². The van der Waals surface area contributed by atoms with Gasteiger partial charge in [-0.1, -0.05) is 15.9 Å². The summed E-state index contributed by atoms with van der Waals surface area (Å²) >= 11 is 2.82. The highest BCUT2D eigenvalue weighted by atomic mass is 79.9. The van der Waals surface area contributed by atoms with E-state index >= 15 is 0 Å². The van der Waals surface area contributed by atoms with Crippen LogP contribution in [-0.4, -0.2) is 23.7 Å². The van der Waals surface area contributed by atoms with Gasteiger partial charge in [-0.25, -0.2) is 0 Å². The maximum absolute atomic E-state index is 12.7. The van der Waals surface area contributed by atoms with Crippen LogP contribution in [0.2, 0.25) is 0 Å². The van der Waals surface area contributed by atoms with Gasteiger partial charge in [-0.15, -0.1) is 0 Å². The van der Waals surface area contributed by atoms with Crippen molar-refractivity contribution in [3.8, 4) is 0 Å². The van der Waals surface area contributed by atoms with Crippen molar-refractivity contribution in [1.82, 2.24) is 0 Å². The standard InChI is InChI=1S/C12H13BrF3NO2/c1-11(2,19)10(18)17(3)7-4-5-9(13)8(6-7)12(14,15)16/h4-6,19H,1-3H3. The van der Waals surface area contributed by atoms with Crippen LogP contribution in [0.5, 0.6) is 0 Å². The normalized spacial score (nSPS) is 12.4. The van der Waals surface area contributed by atoms with Crippen LogP contribution in [0.3, 0.4) is 0 Å². The third-order valence-corrected chi connectivity index (χ3v) is 3.16. The van der Waals surface area contributed by atoms with Gasteiger partial charge in [-0.05, 0) is 32.0 Å². The first-order chi connectivity index (χ1) is 8.44. The van der Waals surface area contributed by atoms with E-state index in [0.717, 1.165) is 11.0 Å². The molecule has 0 aliphatic heterocycles. The summed E-state index contributed by atoms with van der Waals surface area (Å²) in [5, 5.41) is 9.58. The lowest BCUT2D eigenvalue weighted by Gasteiger charge is -2.25. The second kappa shape index (κ2) is 5.13. The number of rotatable bonds is 2. The first kappa shape index (κ1) is 16.0. The van der Waals surface area contributed by atoms with Crippen molar-refractivity contribution in [3.05, 3.63) is 28.2 Å². The number of halogens is 4. The number of hydrogen-bond donors (Lipinski definition) is 1. The average molecular weight is 340 g/mol. The highest BCUT2D eigenvalue weighted by molar-refractivity contribution is 9.10. The molecule has 7 heteroatoms. The summed E-state index contributed by atoms with van der Waals surface area (Å²) in [5.41, 5.74) is -2.47. The molecule has 19 heavy (non-hydrogen) atoms. The van der Waals surface area contributed by atoms with Crippen molar-refractivity contribution in [2.45, 2.75) is 25.6 Å². The fraction of sp³-hybridized carbons (Fsp3) is 0.417. The van der Waals surface area contributed by atoms with Crippen LogP contribution in [0.4, 0.5) is 18.9 Å². The number of carbonyl (C=O) groups excluding carboxylic acids is 1. The number of likely N-dealkylation sites (N-methyl/N-ethyl adjacent to an activating group) is 1. The monoisotopic (exact) mass is 339 g/mol. The molecule has 0 fully saturated rings. The number of nitrogens with zero attached hydrogens (tertiary/aromatic N) is 1. The zero-order chi connectivity index (χ0) is 15.0. The minimum atomic E-state index is -4.52. The molecule has 1 aromatic rings. The molecule has 0 unspecified atom stereocenters. The third kappa shape index (κ3) is 3.70. The van der Waals surface area contributed by atoms with Crippen LogP contribution in [-0.2, 0) is 11.0 Å². The number of carbonyl (C=O) groups is 1. The van der Waals surface area contributed by atoms with E-state index in [0.29, 0.717) is 0 Å². The average Bonchev–Trinajstić information content (AvgIpc) is 2.25. The molecule has 0 radical (unpaired) electrons. The summed E-state index contributed by atoms with van der Waals surface area (Å²) in [7, 11) is 1.31. The summed E-state index contributed by atoms with van der Waals surface area (Å²) in [6.07, 6.45) is -4.52. The van der Waals surface area contributed by atoms with E-state index in [1.54, 1.807) is 0 Å². The van der Waals surface area contributed by atoms with Gasteiger partial charge in [0.15, 0.2) is 0 Å². The predicted molar refractivity (Wildman–Crippen MR) is 68.9 cm³/mol. The fourth-order valence-corrected chi connectivity index (χ4v) is 1.94. The lowest BCUT2D eigenvalue weighted by atomic mass is 10.1. The van der Waals surface area contributed by atoms with Gasteiger partial charge in [0.05, 0.1) is 5.56 Å². The molecule has 106 valence electrons. The molecular weight excluding hydrogens is 327 g/mol. The van der Waals surface area contributed by atoms with Gasteiger partial charge < -0.3 is 10.0 Å². The van der Waals surface area contributed by atoms with Gasteiger partial charge >= 0.3 is 6.18 Å². The van der Waals surface area contributed by atoms with E-state index in [9.17, 15) is 23.1 Å². The van der Waals surface area contributed by atoms with Crippen molar-refractivity contribution in [3.63, 3.8) is 0 Å². The Bertz CT molecular complexity index is 495. The van der Waals surface area contributed by atoms with Crippen molar-refractivity contribution in [1.29, 1.82) is 0 Å². The minimum Gasteiger partial charge on any atom is -0.381 e. The van der Waals surface area contributed by atoms with E-state index in [-0.39, 0.29) is 10.2 Å². The van der Waals surface area contributed by atoms with E-state index in [4.69, 9.17) is 0 Å². The molecule has 0 aliphatic rings. The van der Waals surface area contributed by atoms with Crippen molar-refractivity contribution < 1.29 is 23.1 Å². The molecule has 0 bridgehead atoms. The van der Waals surface area contributed by atoms with Gasteiger partial charge in [-0.2, -0.15) is 13.2 Å². The molecule has 1 rings (SSSR count). The Hall–Kier alpha value is -1.08. The maximum atomic E-state index is 12.7. The molecule has 1 amide bonds. The number of alkyl halides is 3. The lowest BCUT2D eigenvalue weighted by molar-refractivity contribution is -0.138. The minimum absolute atomic E-state index is 0.0580. The van der Waals surface area contributed by atoms with E-state index < -0.39 is 23.2 Å². The highest BCUT2D eigenvalue weighted by Gasteiger charge is 2.34. The van der Waals surface area contributed by atoms with Crippen LogP contribution in [0.25, 0.3) is 0 Å². The Morgan fingerprint density at radius 3 is 2.26 bits per heavy atom. The van der Waals surface area contributed by atoms with Crippen LogP contribution in [0.1, 0.15) is 19.4 Å². The molecule has 3 nitrogen and oxygen atoms in total. The van der Waals surface area contributed by atoms with Crippen molar-refractivity contribution >= 4 is 27.5 Å². The van der Waals surface area contributed by atoms with Crippen molar-refractivity contribution in [2.24, 2.45) is 0 Å². The molecule has 0 aromatic heterocycles. The summed E-state index contributed by atoms with van der Waals surface area (Å²) in [5.74, 6) is -0.692. The number of hydrogen-bond acceptors (Lipinski definition) is 2. The largest absolute Gasteiger partial charge is 0.417 e. The van der Waals surface area contributed by atoms with Gasteiger partial charge in [-0.3, -0.25) is 4.79 Å². The molecule has 0 saturated heterocycles. The van der Waals surface area contributed by atoms with Gasteiger partial charge in [0, 0.05) is 17.2 Å². The predicted octanol–water partition coefficient (Wildman–Crippen LogP) is 3.20. The van der Waals surface area contributed by atoms with E-state index in [1.165, 1.54) is 33.0 Å². The molecule has 0 aliphatic carbocycles. The Labute approximate surface area is 117 Å². The van der Waals surface area contributed by atoms with Gasteiger partial charge in [0.25, 0.3) is 5.91 Å². The highest BCUT2D eigenvalue weighted by Crippen LogP contribution is 2.37. The second-order valence-electron chi connectivity index (χ2n) is 4.59. The topological polar surface area (TPSA) is 40.5 Å². The molecule has 0 heterocycles. The second-order valence-corrected chi connectivity index (χ2v) is 5.44. The first-order valence-corrected chi connectivity index (χ1v) is 6.11. The van der Waals surface area contributed by atoms with Crippen molar-refractivity contribution in [2.75, 3.05) is 11.9 Å². The Morgan fingerprint density at radius 2 is 1.84 bits per heavy atom. The SMILES string of the molecule is CN(C(=O)C(C)(C)O)c1ccc(Br)c(C(F)(F)F)c1. The molecule has 1 N–H and O–H groups in total. The van der Waals surface area contributed by atoms with Gasteiger partial charge in [0.2, 0.25) is 0 Å². The zero-order valence-corrected chi connectivity index (χ0v) is 12.1. The number of anilines is 1. The smallest absolute Gasteiger partial charge is 0.381 e. The molecule has 0 atom stereocenters. The molecule has 0 spiro atoms. The van der Waals surface area contributed by atoms with Gasteiger partial charge in [0.1, 0.15) is 5.60 Å². The fourth-order valence-electron chi connectivity index (χ4n) is 1.47. The number of amides is 1.